The topological polar surface area (TPSA) is 60.3 Å². The van der Waals surface area contributed by atoms with Crippen molar-refractivity contribution in [1.29, 1.82) is 0 Å². The Morgan fingerprint density at radius 3 is 2.67 bits per heavy atom. The zero-order valence-electron chi connectivity index (χ0n) is 13.9. The highest BCUT2D eigenvalue weighted by atomic mass is 19.1. The van der Waals surface area contributed by atoms with Crippen molar-refractivity contribution < 1.29 is 18.7 Å². The van der Waals surface area contributed by atoms with Crippen LogP contribution in [-0.2, 0) is 9.53 Å². The number of carbonyl (C=O) groups excluding carboxylic acids is 2. The van der Waals surface area contributed by atoms with E-state index < -0.39 is 24.3 Å². The SMILES string of the molecule is CC(C)(C)OC(=O)n1c(C#CC(=O)NCCF)cc2ccccc21. The molecule has 0 saturated heterocycles. The zero-order chi connectivity index (χ0) is 17.7. The third-order valence-corrected chi connectivity index (χ3v) is 2.97. The van der Waals surface area contributed by atoms with E-state index in [1.165, 1.54) is 4.57 Å². The Morgan fingerprint density at radius 1 is 1.29 bits per heavy atom. The summed E-state index contributed by atoms with van der Waals surface area (Å²) in [5.41, 5.74) is 0.312. The van der Waals surface area contributed by atoms with Gasteiger partial charge >= 0.3 is 6.09 Å². The second-order valence-electron chi connectivity index (χ2n) is 6.10. The summed E-state index contributed by atoms with van der Waals surface area (Å²) in [7, 11) is 0. The van der Waals surface area contributed by atoms with Crippen molar-refractivity contribution in [2.45, 2.75) is 26.4 Å². The number of alkyl halides is 1. The number of halogens is 1. The largest absolute Gasteiger partial charge is 0.443 e. The molecule has 0 unspecified atom stereocenters. The number of carbonyl (C=O) groups is 2. The fraction of sp³-hybridized carbons (Fsp3) is 0.333. The van der Waals surface area contributed by atoms with Gasteiger partial charge in [-0.2, -0.15) is 0 Å². The van der Waals surface area contributed by atoms with Crippen LogP contribution in [-0.4, -0.2) is 35.4 Å². The lowest BCUT2D eigenvalue weighted by Gasteiger charge is -2.20. The second-order valence-corrected chi connectivity index (χ2v) is 6.10. The molecular formula is C18H19FN2O3. The summed E-state index contributed by atoms with van der Waals surface area (Å²) in [6.07, 6.45) is -0.572. The first kappa shape index (κ1) is 17.5. The molecule has 0 spiro atoms. The molecule has 0 atom stereocenters. The minimum absolute atomic E-state index is 0.0947. The van der Waals surface area contributed by atoms with Gasteiger partial charge in [-0.05, 0) is 38.8 Å². The van der Waals surface area contributed by atoms with Crippen LogP contribution in [0.3, 0.4) is 0 Å². The molecule has 0 aliphatic heterocycles. The number of nitrogens with zero attached hydrogens (tertiary/aromatic N) is 1. The molecule has 1 aromatic carbocycles. The number of hydrogen-bond acceptors (Lipinski definition) is 3. The predicted octanol–water partition coefficient (Wildman–Crippen LogP) is 2.86. The average molecular weight is 330 g/mol. The molecule has 1 N–H and O–H groups in total. The van der Waals surface area contributed by atoms with Crippen LogP contribution in [0.5, 0.6) is 0 Å². The molecule has 1 aromatic heterocycles. The summed E-state index contributed by atoms with van der Waals surface area (Å²) in [5, 5.41) is 3.11. The van der Waals surface area contributed by atoms with Crippen LogP contribution in [0.4, 0.5) is 9.18 Å². The van der Waals surface area contributed by atoms with Gasteiger partial charge in [-0.3, -0.25) is 4.79 Å². The minimum atomic E-state index is -0.661. The molecule has 0 aliphatic carbocycles. The molecule has 0 saturated carbocycles. The Bertz CT molecular complexity index is 822. The fourth-order valence-electron chi connectivity index (χ4n) is 2.08. The molecule has 6 heteroatoms. The van der Waals surface area contributed by atoms with Crippen LogP contribution in [0.2, 0.25) is 0 Å². The molecule has 0 radical (unpaired) electrons. The van der Waals surface area contributed by atoms with E-state index in [4.69, 9.17) is 4.74 Å². The quantitative estimate of drug-likeness (QED) is 0.862. The van der Waals surface area contributed by atoms with E-state index in [-0.39, 0.29) is 6.54 Å². The lowest BCUT2D eigenvalue weighted by Crippen LogP contribution is -2.27. The number of benzene rings is 1. The van der Waals surface area contributed by atoms with Gasteiger partial charge in [0, 0.05) is 17.9 Å². The van der Waals surface area contributed by atoms with Crippen molar-refractivity contribution in [3.63, 3.8) is 0 Å². The lowest BCUT2D eigenvalue weighted by atomic mass is 10.2. The Kier molecular flexibility index (Phi) is 5.24. The normalized spacial score (nSPS) is 10.8. The molecule has 126 valence electrons. The lowest BCUT2D eigenvalue weighted by molar-refractivity contribution is -0.115. The summed E-state index contributed by atoms with van der Waals surface area (Å²) in [5.74, 6) is 4.41. The van der Waals surface area contributed by atoms with Crippen LogP contribution < -0.4 is 5.32 Å². The molecule has 0 fully saturated rings. The van der Waals surface area contributed by atoms with Gasteiger partial charge < -0.3 is 10.1 Å². The highest BCUT2D eigenvalue weighted by Gasteiger charge is 2.21. The number of nitrogens with one attached hydrogen (secondary N) is 1. The molecule has 0 aliphatic rings. The van der Waals surface area contributed by atoms with Crippen LogP contribution >= 0.6 is 0 Å². The van der Waals surface area contributed by atoms with Crippen molar-refractivity contribution in [2.24, 2.45) is 0 Å². The summed E-state index contributed by atoms with van der Waals surface area (Å²) in [6.45, 7) is 4.55. The van der Waals surface area contributed by atoms with E-state index in [0.717, 1.165) is 5.39 Å². The van der Waals surface area contributed by atoms with Crippen molar-refractivity contribution in [1.82, 2.24) is 9.88 Å². The number of hydrogen-bond donors (Lipinski definition) is 1. The number of aromatic nitrogens is 1. The Morgan fingerprint density at radius 2 is 2.00 bits per heavy atom. The number of ether oxygens (including phenoxy) is 1. The van der Waals surface area contributed by atoms with E-state index in [9.17, 15) is 14.0 Å². The molecular weight excluding hydrogens is 311 g/mol. The summed E-state index contributed by atoms with van der Waals surface area (Å²) in [4.78, 5) is 24.0. The van der Waals surface area contributed by atoms with E-state index in [1.54, 1.807) is 39.0 Å². The van der Waals surface area contributed by atoms with Crippen LogP contribution in [0.25, 0.3) is 10.9 Å². The van der Waals surface area contributed by atoms with Gasteiger partial charge in [-0.15, -0.1) is 0 Å². The van der Waals surface area contributed by atoms with Gasteiger partial charge in [-0.1, -0.05) is 18.2 Å². The number of rotatable bonds is 2. The zero-order valence-corrected chi connectivity index (χ0v) is 13.9. The van der Waals surface area contributed by atoms with Crippen LogP contribution in [0.1, 0.15) is 26.5 Å². The molecule has 1 amide bonds. The number of amides is 1. The Labute approximate surface area is 139 Å². The van der Waals surface area contributed by atoms with Crippen molar-refractivity contribution in [3.05, 3.63) is 36.0 Å². The Balaban J connectivity index is 2.42. The number of fused-ring (bicyclic) bond motifs is 1. The Hall–Kier alpha value is -2.81. The summed E-state index contributed by atoms with van der Waals surface area (Å²) < 4.78 is 18.8. The van der Waals surface area contributed by atoms with E-state index in [1.807, 2.05) is 12.1 Å². The maximum absolute atomic E-state index is 12.5. The third kappa shape index (κ3) is 4.35. The highest BCUT2D eigenvalue weighted by Crippen LogP contribution is 2.21. The first-order chi connectivity index (χ1) is 11.3. The van der Waals surface area contributed by atoms with E-state index in [2.05, 4.69) is 17.2 Å². The van der Waals surface area contributed by atoms with Crippen LogP contribution in [0.15, 0.2) is 30.3 Å². The fourth-order valence-corrected chi connectivity index (χ4v) is 2.08. The molecule has 2 aromatic rings. The summed E-state index contributed by atoms with van der Waals surface area (Å²) in [6, 6.07) is 8.95. The molecule has 24 heavy (non-hydrogen) atoms. The molecule has 2 rings (SSSR count). The molecule has 0 bridgehead atoms. The standard InChI is InChI=1S/C18H19FN2O3/c1-18(2,3)24-17(23)21-14(8-9-16(22)20-11-10-19)12-13-6-4-5-7-15(13)21/h4-7,12H,10-11H2,1-3H3,(H,20,22). The van der Waals surface area contributed by atoms with Crippen molar-refractivity contribution >= 4 is 22.9 Å². The van der Waals surface area contributed by atoms with E-state index in [0.29, 0.717) is 11.2 Å². The van der Waals surface area contributed by atoms with Gasteiger partial charge in [-0.25, -0.2) is 13.8 Å². The number of para-hydroxylation sites is 1. The van der Waals surface area contributed by atoms with Gasteiger partial charge in [0.2, 0.25) is 0 Å². The maximum atomic E-state index is 12.5. The second kappa shape index (κ2) is 7.18. The van der Waals surface area contributed by atoms with Gasteiger partial charge in [0.15, 0.2) is 0 Å². The predicted molar refractivity (Wildman–Crippen MR) is 89.4 cm³/mol. The first-order valence-corrected chi connectivity index (χ1v) is 7.51. The molecule has 1 heterocycles. The van der Waals surface area contributed by atoms with Crippen molar-refractivity contribution in [2.75, 3.05) is 13.2 Å². The monoisotopic (exact) mass is 330 g/mol. The minimum Gasteiger partial charge on any atom is -0.443 e. The van der Waals surface area contributed by atoms with Crippen molar-refractivity contribution in [3.8, 4) is 11.8 Å². The van der Waals surface area contributed by atoms with Gasteiger partial charge in [0.1, 0.15) is 18.0 Å². The van der Waals surface area contributed by atoms with Crippen LogP contribution in [0, 0.1) is 11.8 Å². The first-order valence-electron chi connectivity index (χ1n) is 7.51. The highest BCUT2D eigenvalue weighted by molar-refractivity contribution is 5.96. The van der Waals surface area contributed by atoms with Gasteiger partial charge in [0.05, 0.1) is 5.52 Å². The third-order valence-electron chi connectivity index (χ3n) is 2.97. The molecule has 5 nitrogen and oxygen atoms in total. The maximum Gasteiger partial charge on any atom is 0.420 e. The van der Waals surface area contributed by atoms with E-state index >= 15 is 0 Å². The smallest absolute Gasteiger partial charge is 0.420 e. The average Bonchev–Trinajstić information content (AvgIpc) is 2.87. The van der Waals surface area contributed by atoms with Gasteiger partial charge in [0.25, 0.3) is 5.91 Å². The summed E-state index contributed by atoms with van der Waals surface area (Å²) >= 11 is 0.